The van der Waals surface area contributed by atoms with Crippen LogP contribution in [0.25, 0.3) is 5.57 Å². The molecule has 0 saturated heterocycles. The Morgan fingerprint density at radius 1 is 1.33 bits per heavy atom. The molecule has 0 bridgehead atoms. The van der Waals surface area contributed by atoms with Crippen LogP contribution in [0, 0.1) is 0 Å². The molecule has 94 valence electrons. The lowest BCUT2D eigenvalue weighted by Gasteiger charge is -2.05. The minimum atomic E-state index is -3.34. The summed E-state index contributed by atoms with van der Waals surface area (Å²) in [5, 5.41) is 2.05. The molecule has 2 aromatic heterocycles. The summed E-state index contributed by atoms with van der Waals surface area (Å²) in [5.74, 6) is -0.152. The van der Waals surface area contributed by atoms with Gasteiger partial charge in [-0.3, -0.25) is 0 Å². The van der Waals surface area contributed by atoms with Crippen molar-refractivity contribution in [2.45, 2.75) is 4.21 Å². The summed E-state index contributed by atoms with van der Waals surface area (Å²) in [7, 11) is -3.34. The van der Waals surface area contributed by atoms with Gasteiger partial charge in [0.15, 0.2) is 9.84 Å². The summed E-state index contributed by atoms with van der Waals surface area (Å²) in [6, 6.07) is 8.33. The summed E-state index contributed by atoms with van der Waals surface area (Å²) in [4.78, 5) is 4.04. The molecule has 0 radical (unpaired) electrons. The first kappa shape index (κ1) is 13.3. The third-order valence-electron chi connectivity index (χ3n) is 2.24. The number of hydrogen-bond donors (Lipinski definition) is 0. The molecule has 2 rings (SSSR count). The first-order valence-corrected chi connectivity index (χ1v) is 7.97. The minimum Gasteiger partial charge on any atom is -0.236 e. The van der Waals surface area contributed by atoms with Crippen molar-refractivity contribution in [3.8, 4) is 0 Å². The molecule has 2 aromatic rings. The molecule has 0 saturated carbocycles. The van der Waals surface area contributed by atoms with Crippen LogP contribution in [0.5, 0.6) is 0 Å². The van der Waals surface area contributed by atoms with E-state index in [1.165, 1.54) is 11.3 Å². The Kier molecular flexibility index (Phi) is 3.85. The number of hydrogen-bond acceptors (Lipinski definition) is 4. The molecule has 0 spiro atoms. The van der Waals surface area contributed by atoms with Crippen LogP contribution in [-0.4, -0.2) is 19.2 Å². The third kappa shape index (κ3) is 2.98. The Morgan fingerprint density at radius 3 is 2.72 bits per heavy atom. The van der Waals surface area contributed by atoms with Crippen LogP contribution in [0.2, 0.25) is 5.15 Å². The quantitative estimate of drug-likeness (QED) is 0.814. The van der Waals surface area contributed by atoms with Crippen molar-refractivity contribution in [1.29, 1.82) is 0 Å². The van der Waals surface area contributed by atoms with Gasteiger partial charge < -0.3 is 0 Å². The van der Waals surface area contributed by atoms with E-state index in [1.807, 2.05) is 0 Å². The Labute approximate surface area is 115 Å². The van der Waals surface area contributed by atoms with E-state index in [-0.39, 0.29) is 5.75 Å². The van der Waals surface area contributed by atoms with Gasteiger partial charge in [-0.1, -0.05) is 30.3 Å². The molecule has 2 heterocycles. The maximum Gasteiger partial charge on any atom is 0.191 e. The topological polar surface area (TPSA) is 47.0 Å². The fraction of sp³-hybridized carbons (Fsp3) is 0.0833. The van der Waals surface area contributed by atoms with E-state index >= 15 is 0 Å². The summed E-state index contributed by atoms with van der Waals surface area (Å²) >= 11 is 6.95. The van der Waals surface area contributed by atoms with Gasteiger partial charge in [0.2, 0.25) is 0 Å². The molecule has 0 amide bonds. The van der Waals surface area contributed by atoms with E-state index in [0.717, 1.165) is 0 Å². The van der Waals surface area contributed by atoms with Crippen LogP contribution < -0.4 is 0 Å². The number of halogens is 1. The van der Waals surface area contributed by atoms with Crippen LogP contribution in [0.4, 0.5) is 0 Å². The van der Waals surface area contributed by atoms with Gasteiger partial charge in [-0.25, -0.2) is 13.4 Å². The second-order valence-corrected chi connectivity index (χ2v) is 7.19. The van der Waals surface area contributed by atoms with E-state index in [1.54, 1.807) is 35.7 Å². The van der Waals surface area contributed by atoms with Gasteiger partial charge in [0.05, 0.1) is 11.4 Å². The SMILES string of the molecule is C=C(CS(=O)(=O)c1cccs1)c1cccc(Cl)n1. The summed E-state index contributed by atoms with van der Waals surface area (Å²) in [5.41, 5.74) is 0.938. The zero-order valence-corrected chi connectivity index (χ0v) is 11.7. The van der Waals surface area contributed by atoms with Gasteiger partial charge >= 0.3 is 0 Å². The second kappa shape index (κ2) is 5.22. The van der Waals surface area contributed by atoms with Gasteiger partial charge in [0, 0.05) is 0 Å². The lowest BCUT2D eigenvalue weighted by Crippen LogP contribution is -2.07. The summed E-state index contributed by atoms with van der Waals surface area (Å²) in [6.45, 7) is 3.77. The number of aromatic nitrogens is 1. The summed E-state index contributed by atoms with van der Waals surface area (Å²) < 4.78 is 24.4. The van der Waals surface area contributed by atoms with E-state index in [2.05, 4.69) is 11.6 Å². The Hall–Kier alpha value is -1.17. The first-order chi connectivity index (χ1) is 8.49. The molecular formula is C12H10ClNO2S2. The lowest BCUT2D eigenvalue weighted by atomic mass is 10.2. The molecule has 0 atom stereocenters. The van der Waals surface area contributed by atoms with Crippen molar-refractivity contribution in [2.24, 2.45) is 0 Å². The molecule has 3 nitrogen and oxygen atoms in total. The highest BCUT2D eigenvalue weighted by Crippen LogP contribution is 2.22. The van der Waals surface area contributed by atoms with Crippen molar-refractivity contribution in [2.75, 3.05) is 5.75 Å². The van der Waals surface area contributed by atoms with E-state index < -0.39 is 9.84 Å². The van der Waals surface area contributed by atoms with Crippen molar-refractivity contribution >= 4 is 38.3 Å². The first-order valence-electron chi connectivity index (χ1n) is 5.06. The molecule has 0 aliphatic heterocycles. The van der Waals surface area contributed by atoms with Gasteiger partial charge in [0.25, 0.3) is 0 Å². The molecule has 0 N–H and O–H groups in total. The van der Waals surface area contributed by atoms with Crippen LogP contribution in [0.15, 0.2) is 46.5 Å². The normalized spacial score (nSPS) is 11.4. The molecule has 0 aromatic carbocycles. The minimum absolute atomic E-state index is 0.152. The maximum atomic E-state index is 12.1. The van der Waals surface area contributed by atoms with Gasteiger partial charge in [-0.05, 0) is 29.2 Å². The monoisotopic (exact) mass is 299 g/mol. The van der Waals surface area contributed by atoms with Crippen molar-refractivity contribution in [3.63, 3.8) is 0 Å². The Balaban J connectivity index is 2.23. The zero-order chi connectivity index (χ0) is 13.2. The van der Waals surface area contributed by atoms with Gasteiger partial charge in [-0.15, -0.1) is 11.3 Å². The van der Waals surface area contributed by atoms with E-state index in [4.69, 9.17) is 11.6 Å². The Bertz CT molecular complexity index is 663. The van der Waals surface area contributed by atoms with Crippen LogP contribution in [0.1, 0.15) is 5.69 Å². The second-order valence-electron chi connectivity index (χ2n) is 3.64. The van der Waals surface area contributed by atoms with Crippen molar-refractivity contribution in [1.82, 2.24) is 4.98 Å². The average Bonchev–Trinajstić information content (AvgIpc) is 2.82. The summed E-state index contributed by atoms with van der Waals surface area (Å²) in [6.07, 6.45) is 0. The number of nitrogens with zero attached hydrogens (tertiary/aromatic N) is 1. The number of pyridine rings is 1. The lowest BCUT2D eigenvalue weighted by molar-refractivity contribution is 0.601. The molecule has 0 unspecified atom stereocenters. The smallest absolute Gasteiger partial charge is 0.191 e. The van der Waals surface area contributed by atoms with Crippen LogP contribution >= 0.6 is 22.9 Å². The zero-order valence-electron chi connectivity index (χ0n) is 9.34. The van der Waals surface area contributed by atoms with Gasteiger partial charge in [-0.2, -0.15) is 0 Å². The molecule has 0 aliphatic rings. The van der Waals surface area contributed by atoms with Crippen molar-refractivity contribution in [3.05, 3.63) is 53.1 Å². The highest BCUT2D eigenvalue weighted by Gasteiger charge is 2.18. The predicted molar refractivity (Wildman–Crippen MR) is 74.7 cm³/mol. The standard InChI is InChI=1S/C12H10ClNO2S2/c1-9(10-4-2-5-11(13)14-10)8-18(15,16)12-6-3-7-17-12/h2-7H,1,8H2. The Morgan fingerprint density at radius 2 is 2.11 bits per heavy atom. The highest BCUT2D eigenvalue weighted by atomic mass is 35.5. The van der Waals surface area contributed by atoms with E-state index in [9.17, 15) is 8.42 Å². The molecular weight excluding hydrogens is 290 g/mol. The number of rotatable bonds is 4. The largest absolute Gasteiger partial charge is 0.236 e. The third-order valence-corrected chi connectivity index (χ3v) is 5.64. The van der Waals surface area contributed by atoms with E-state index in [0.29, 0.717) is 20.6 Å². The highest BCUT2D eigenvalue weighted by molar-refractivity contribution is 7.93. The molecule has 0 aliphatic carbocycles. The fourth-order valence-electron chi connectivity index (χ4n) is 1.42. The average molecular weight is 300 g/mol. The van der Waals surface area contributed by atoms with Crippen LogP contribution in [0.3, 0.4) is 0 Å². The van der Waals surface area contributed by atoms with Gasteiger partial charge in [0.1, 0.15) is 9.36 Å². The molecule has 6 heteroatoms. The number of sulfone groups is 1. The van der Waals surface area contributed by atoms with Crippen LogP contribution in [-0.2, 0) is 9.84 Å². The maximum absolute atomic E-state index is 12.1. The number of thiophene rings is 1. The van der Waals surface area contributed by atoms with Crippen molar-refractivity contribution < 1.29 is 8.42 Å². The molecule has 0 fully saturated rings. The predicted octanol–water partition coefficient (Wildman–Crippen LogP) is 3.28. The fourth-order valence-corrected chi connectivity index (χ4v) is 4.00. The molecule has 18 heavy (non-hydrogen) atoms.